The molecule has 0 bridgehead atoms. The predicted molar refractivity (Wildman–Crippen MR) is 103 cm³/mol. The second kappa shape index (κ2) is 11.2. The van der Waals surface area contributed by atoms with Crippen LogP contribution in [0.5, 0.6) is 5.75 Å². The Kier molecular flexibility index (Phi) is 8.61. The number of amides is 1. The summed E-state index contributed by atoms with van der Waals surface area (Å²) in [6.07, 6.45) is 0.909. The van der Waals surface area contributed by atoms with E-state index in [0.29, 0.717) is 48.1 Å². The van der Waals surface area contributed by atoms with Gasteiger partial charge in [0.15, 0.2) is 0 Å². The van der Waals surface area contributed by atoms with Gasteiger partial charge in [-0.25, -0.2) is 4.79 Å². The van der Waals surface area contributed by atoms with E-state index in [1.165, 1.54) is 7.11 Å². The first kappa shape index (κ1) is 20.7. The minimum atomic E-state index is -0.427. The Labute approximate surface area is 163 Å². The molecule has 7 heteroatoms. The van der Waals surface area contributed by atoms with Crippen molar-refractivity contribution >= 4 is 29.2 Å². The fourth-order valence-electron chi connectivity index (χ4n) is 2.17. The molecule has 0 spiro atoms. The number of benzene rings is 2. The first-order valence-corrected chi connectivity index (χ1v) is 8.90. The summed E-state index contributed by atoms with van der Waals surface area (Å²) in [5.41, 5.74) is 1.03. The third-order valence-electron chi connectivity index (χ3n) is 3.56. The molecule has 0 unspecified atom stereocenters. The number of esters is 1. The van der Waals surface area contributed by atoms with Crippen molar-refractivity contribution in [2.24, 2.45) is 0 Å². The van der Waals surface area contributed by atoms with Crippen molar-refractivity contribution in [3.8, 4) is 5.75 Å². The van der Waals surface area contributed by atoms with Crippen molar-refractivity contribution in [1.29, 1.82) is 0 Å². The van der Waals surface area contributed by atoms with E-state index < -0.39 is 5.97 Å². The van der Waals surface area contributed by atoms with Gasteiger partial charge < -0.3 is 19.5 Å². The highest BCUT2D eigenvalue weighted by Crippen LogP contribution is 2.16. The summed E-state index contributed by atoms with van der Waals surface area (Å²) in [7, 11) is 1.54. The summed E-state index contributed by atoms with van der Waals surface area (Å²) < 4.78 is 15.4. The minimum Gasteiger partial charge on any atom is -0.494 e. The Morgan fingerprint density at radius 1 is 0.963 bits per heavy atom. The number of anilines is 1. The van der Waals surface area contributed by atoms with Gasteiger partial charge in [-0.2, -0.15) is 0 Å². The van der Waals surface area contributed by atoms with Gasteiger partial charge in [-0.3, -0.25) is 4.79 Å². The Morgan fingerprint density at radius 2 is 1.67 bits per heavy atom. The van der Waals surface area contributed by atoms with Gasteiger partial charge in [0.25, 0.3) is 0 Å². The third-order valence-corrected chi connectivity index (χ3v) is 3.81. The van der Waals surface area contributed by atoms with Crippen LogP contribution in [0.4, 0.5) is 5.69 Å². The lowest BCUT2D eigenvalue weighted by atomic mass is 10.2. The highest BCUT2D eigenvalue weighted by Gasteiger charge is 2.08. The van der Waals surface area contributed by atoms with Crippen LogP contribution < -0.4 is 10.1 Å². The summed E-state index contributed by atoms with van der Waals surface area (Å²) in [6.45, 7) is 0.981. The van der Waals surface area contributed by atoms with E-state index in [4.69, 9.17) is 25.8 Å². The number of rotatable bonds is 10. The number of methoxy groups -OCH3 is 1. The van der Waals surface area contributed by atoms with E-state index >= 15 is 0 Å². The molecule has 0 heterocycles. The second-order valence-electron chi connectivity index (χ2n) is 5.66. The van der Waals surface area contributed by atoms with Gasteiger partial charge in [0.1, 0.15) is 12.4 Å². The molecular weight excluding hydrogens is 370 g/mol. The van der Waals surface area contributed by atoms with Gasteiger partial charge in [-0.1, -0.05) is 11.6 Å². The van der Waals surface area contributed by atoms with E-state index in [9.17, 15) is 9.59 Å². The zero-order valence-corrected chi connectivity index (χ0v) is 15.8. The van der Waals surface area contributed by atoms with Crippen LogP contribution in [-0.2, 0) is 14.3 Å². The van der Waals surface area contributed by atoms with Crippen LogP contribution in [0.15, 0.2) is 48.5 Å². The van der Waals surface area contributed by atoms with Crippen molar-refractivity contribution in [2.45, 2.75) is 12.8 Å². The molecule has 0 aliphatic heterocycles. The maximum atomic E-state index is 12.0. The van der Waals surface area contributed by atoms with Crippen LogP contribution in [0.25, 0.3) is 0 Å². The van der Waals surface area contributed by atoms with E-state index in [0.717, 1.165) is 0 Å². The van der Waals surface area contributed by atoms with Crippen LogP contribution in [0.3, 0.4) is 0 Å². The molecule has 2 aromatic carbocycles. The number of carbonyl (C=O) groups is 2. The maximum Gasteiger partial charge on any atom is 0.338 e. The van der Waals surface area contributed by atoms with Crippen molar-refractivity contribution in [1.82, 2.24) is 0 Å². The molecule has 0 radical (unpaired) electrons. The number of carbonyl (C=O) groups excluding carboxylic acids is 2. The quantitative estimate of drug-likeness (QED) is 0.490. The number of ether oxygens (including phenoxy) is 3. The van der Waals surface area contributed by atoms with Crippen LogP contribution in [-0.4, -0.2) is 38.8 Å². The van der Waals surface area contributed by atoms with Crippen molar-refractivity contribution in [3.63, 3.8) is 0 Å². The number of hydrogen-bond donors (Lipinski definition) is 1. The van der Waals surface area contributed by atoms with E-state index in [2.05, 4.69) is 5.32 Å². The molecule has 144 valence electrons. The molecule has 2 rings (SSSR count). The van der Waals surface area contributed by atoms with Crippen molar-refractivity contribution in [2.75, 3.05) is 32.2 Å². The Morgan fingerprint density at radius 3 is 2.33 bits per heavy atom. The molecule has 0 saturated heterocycles. The van der Waals surface area contributed by atoms with Gasteiger partial charge in [0.05, 0.1) is 18.8 Å². The molecule has 2 aromatic rings. The average Bonchev–Trinajstić information content (AvgIpc) is 2.67. The topological polar surface area (TPSA) is 73.9 Å². The molecule has 0 aromatic heterocycles. The smallest absolute Gasteiger partial charge is 0.338 e. The fraction of sp³-hybridized carbons (Fsp3) is 0.300. The average molecular weight is 392 g/mol. The van der Waals surface area contributed by atoms with Gasteiger partial charge >= 0.3 is 5.97 Å². The first-order valence-electron chi connectivity index (χ1n) is 8.53. The van der Waals surface area contributed by atoms with Crippen LogP contribution in [0.1, 0.15) is 23.2 Å². The van der Waals surface area contributed by atoms with Gasteiger partial charge in [0.2, 0.25) is 5.91 Å². The van der Waals surface area contributed by atoms with E-state index in [1.54, 1.807) is 48.5 Å². The standard InChI is InChI=1S/C20H22ClNO5/c1-25-13-14-27-20(24)15-4-8-17(9-5-15)22-19(23)3-2-12-26-18-10-6-16(21)7-11-18/h4-11H,2-3,12-14H2,1H3,(H,22,23). The largest absolute Gasteiger partial charge is 0.494 e. The fourth-order valence-corrected chi connectivity index (χ4v) is 2.29. The summed E-state index contributed by atoms with van der Waals surface area (Å²) in [4.78, 5) is 23.7. The number of halogens is 1. The predicted octanol–water partition coefficient (Wildman–Crippen LogP) is 3.94. The first-order chi connectivity index (χ1) is 13.1. The van der Waals surface area contributed by atoms with Gasteiger partial charge in [0, 0.05) is 24.2 Å². The normalized spacial score (nSPS) is 10.3. The molecule has 0 saturated carbocycles. The molecule has 1 N–H and O–H groups in total. The lowest BCUT2D eigenvalue weighted by Crippen LogP contribution is -2.13. The minimum absolute atomic E-state index is 0.120. The van der Waals surface area contributed by atoms with Gasteiger partial charge in [-0.05, 0) is 55.0 Å². The summed E-state index contributed by atoms with van der Waals surface area (Å²) >= 11 is 5.81. The lowest BCUT2D eigenvalue weighted by Gasteiger charge is -2.08. The zero-order chi connectivity index (χ0) is 19.5. The Balaban J connectivity index is 1.69. The van der Waals surface area contributed by atoms with Crippen molar-refractivity contribution in [3.05, 3.63) is 59.1 Å². The van der Waals surface area contributed by atoms with Crippen LogP contribution in [0, 0.1) is 0 Å². The molecule has 0 fully saturated rings. The summed E-state index contributed by atoms with van der Waals surface area (Å²) in [6, 6.07) is 13.6. The van der Waals surface area contributed by atoms with Crippen molar-refractivity contribution < 1.29 is 23.8 Å². The molecule has 0 aliphatic carbocycles. The monoisotopic (exact) mass is 391 g/mol. The summed E-state index contributed by atoms with van der Waals surface area (Å²) in [5.74, 6) is 0.169. The second-order valence-corrected chi connectivity index (χ2v) is 6.10. The molecule has 0 aliphatic rings. The Hall–Kier alpha value is -2.57. The molecule has 27 heavy (non-hydrogen) atoms. The zero-order valence-electron chi connectivity index (χ0n) is 15.1. The van der Waals surface area contributed by atoms with Crippen LogP contribution >= 0.6 is 11.6 Å². The van der Waals surface area contributed by atoms with Gasteiger partial charge in [-0.15, -0.1) is 0 Å². The molecule has 0 atom stereocenters. The highest BCUT2D eigenvalue weighted by molar-refractivity contribution is 6.30. The van der Waals surface area contributed by atoms with Crippen LogP contribution in [0.2, 0.25) is 5.02 Å². The van der Waals surface area contributed by atoms with E-state index in [1.807, 2.05) is 0 Å². The highest BCUT2D eigenvalue weighted by atomic mass is 35.5. The number of hydrogen-bond acceptors (Lipinski definition) is 5. The molecular formula is C20H22ClNO5. The Bertz CT molecular complexity index is 731. The number of nitrogens with one attached hydrogen (secondary N) is 1. The third kappa shape index (κ3) is 7.68. The maximum absolute atomic E-state index is 12.0. The molecule has 1 amide bonds. The SMILES string of the molecule is COCCOC(=O)c1ccc(NC(=O)CCCOc2ccc(Cl)cc2)cc1. The summed E-state index contributed by atoms with van der Waals surface area (Å²) in [5, 5.41) is 3.43. The molecule has 6 nitrogen and oxygen atoms in total. The lowest BCUT2D eigenvalue weighted by molar-refractivity contribution is -0.116. The van der Waals surface area contributed by atoms with E-state index in [-0.39, 0.29) is 12.5 Å².